The van der Waals surface area contributed by atoms with Gasteiger partial charge in [-0.3, -0.25) is 9.67 Å². The minimum atomic E-state index is -0.310. The third-order valence-corrected chi connectivity index (χ3v) is 2.69. The molecule has 2 aromatic rings. The van der Waals surface area contributed by atoms with E-state index in [4.69, 9.17) is 0 Å². The SMILES string of the molecule is CCn1nccc1C(NC)c1ncccc1F. The van der Waals surface area contributed by atoms with Gasteiger partial charge in [-0.25, -0.2) is 4.39 Å². The van der Waals surface area contributed by atoms with Gasteiger partial charge in [0.15, 0.2) is 0 Å². The Morgan fingerprint density at radius 1 is 1.41 bits per heavy atom. The summed E-state index contributed by atoms with van der Waals surface area (Å²) in [5, 5.41) is 7.26. The fraction of sp³-hybridized carbons (Fsp3) is 0.333. The Morgan fingerprint density at radius 3 is 2.88 bits per heavy atom. The van der Waals surface area contributed by atoms with E-state index in [0.29, 0.717) is 5.69 Å². The van der Waals surface area contributed by atoms with E-state index in [-0.39, 0.29) is 11.9 Å². The minimum Gasteiger partial charge on any atom is -0.307 e. The van der Waals surface area contributed by atoms with E-state index in [9.17, 15) is 4.39 Å². The first kappa shape index (κ1) is 11.7. The van der Waals surface area contributed by atoms with Crippen molar-refractivity contribution in [1.29, 1.82) is 0 Å². The lowest BCUT2D eigenvalue weighted by Crippen LogP contribution is -2.23. The summed E-state index contributed by atoms with van der Waals surface area (Å²) in [5.41, 5.74) is 1.30. The number of pyridine rings is 1. The first-order valence-electron chi connectivity index (χ1n) is 5.57. The lowest BCUT2D eigenvalue weighted by molar-refractivity contribution is 0.520. The van der Waals surface area contributed by atoms with Gasteiger partial charge in [0.1, 0.15) is 5.82 Å². The Labute approximate surface area is 99.5 Å². The molecule has 4 nitrogen and oxygen atoms in total. The lowest BCUT2D eigenvalue weighted by atomic mass is 10.1. The van der Waals surface area contributed by atoms with Crippen LogP contribution in [0.1, 0.15) is 24.4 Å². The zero-order valence-electron chi connectivity index (χ0n) is 9.89. The molecule has 1 N–H and O–H groups in total. The first-order chi connectivity index (χ1) is 8.27. The highest BCUT2D eigenvalue weighted by Gasteiger charge is 2.20. The van der Waals surface area contributed by atoms with Gasteiger partial charge >= 0.3 is 0 Å². The molecule has 2 rings (SSSR count). The van der Waals surface area contributed by atoms with Crippen molar-refractivity contribution in [3.8, 4) is 0 Å². The van der Waals surface area contributed by atoms with E-state index in [1.165, 1.54) is 6.07 Å². The molecule has 0 amide bonds. The van der Waals surface area contributed by atoms with E-state index in [1.807, 2.05) is 17.7 Å². The summed E-state index contributed by atoms with van der Waals surface area (Å²) in [4.78, 5) is 4.10. The lowest BCUT2D eigenvalue weighted by Gasteiger charge is -2.17. The quantitative estimate of drug-likeness (QED) is 0.876. The Hall–Kier alpha value is -1.75. The van der Waals surface area contributed by atoms with Gasteiger partial charge in [0.25, 0.3) is 0 Å². The number of aryl methyl sites for hydroxylation is 1. The maximum Gasteiger partial charge on any atom is 0.146 e. The predicted molar refractivity (Wildman–Crippen MR) is 63.0 cm³/mol. The maximum absolute atomic E-state index is 13.7. The monoisotopic (exact) mass is 234 g/mol. The molecule has 0 saturated heterocycles. The van der Waals surface area contributed by atoms with Gasteiger partial charge in [0, 0.05) is 18.9 Å². The van der Waals surface area contributed by atoms with Crippen LogP contribution in [0.25, 0.3) is 0 Å². The van der Waals surface area contributed by atoms with Crippen molar-refractivity contribution in [2.75, 3.05) is 7.05 Å². The summed E-state index contributed by atoms with van der Waals surface area (Å²) < 4.78 is 15.6. The molecule has 0 saturated carbocycles. The van der Waals surface area contributed by atoms with Crippen LogP contribution in [0.3, 0.4) is 0 Å². The van der Waals surface area contributed by atoms with Gasteiger partial charge in [0.05, 0.1) is 17.4 Å². The zero-order valence-corrected chi connectivity index (χ0v) is 9.89. The topological polar surface area (TPSA) is 42.7 Å². The number of hydrogen-bond acceptors (Lipinski definition) is 3. The molecule has 0 aromatic carbocycles. The van der Waals surface area contributed by atoms with E-state index in [2.05, 4.69) is 15.4 Å². The van der Waals surface area contributed by atoms with Crippen molar-refractivity contribution in [2.45, 2.75) is 19.5 Å². The van der Waals surface area contributed by atoms with Crippen molar-refractivity contribution in [2.24, 2.45) is 0 Å². The number of aromatic nitrogens is 3. The van der Waals surface area contributed by atoms with Gasteiger partial charge in [0.2, 0.25) is 0 Å². The largest absolute Gasteiger partial charge is 0.307 e. The van der Waals surface area contributed by atoms with Crippen molar-refractivity contribution in [3.63, 3.8) is 0 Å². The van der Waals surface area contributed by atoms with Crippen LogP contribution in [0.15, 0.2) is 30.6 Å². The molecule has 0 spiro atoms. The van der Waals surface area contributed by atoms with Gasteiger partial charge in [-0.1, -0.05) is 0 Å². The smallest absolute Gasteiger partial charge is 0.146 e. The molecule has 90 valence electrons. The van der Waals surface area contributed by atoms with Crippen LogP contribution < -0.4 is 5.32 Å². The van der Waals surface area contributed by atoms with Crippen LogP contribution in [-0.2, 0) is 6.54 Å². The third-order valence-electron chi connectivity index (χ3n) is 2.69. The molecular formula is C12H15FN4. The summed E-state index contributed by atoms with van der Waals surface area (Å²) in [6.07, 6.45) is 3.30. The third kappa shape index (κ3) is 2.19. The number of hydrogen-bond donors (Lipinski definition) is 1. The Balaban J connectivity index is 2.44. The highest BCUT2D eigenvalue weighted by molar-refractivity contribution is 5.22. The highest BCUT2D eigenvalue weighted by atomic mass is 19.1. The molecule has 0 aliphatic heterocycles. The van der Waals surface area contributed by atoms with Crippen LogP contribution in [0.4, 0.5) is 4.39 Å². The Kier molecular flexibility index (Phi) is 3.49. The number of nitrogens with one attached hydrogen (secondary N) is 1. The van der Waals surface area contributed by atoms with Gasteiger partial charge in [-0.2, -0.15) is 5.10 Å². The fourth-order valence-corrected chi connectivity index (χ4v) is 1.89. The second-order valence-corrected chi connectivity index (χ2v) is 3.66. The summed E-state index contributed by atoms with van der Waals surface area (Å²) in [7, 11) is 1.78. The molecule has 1 unspecified atom stereocenters. The summed E-state index contributed by atoms with van der Waals surface area (Å²) in [5.74, 6) is -0.310. The van der Waals surface area contributed by atoms with Crippen LogP contribution in [0.5, 0.6) is 0 Å². The maximum atomic E-state index is 13.7. The van der Waals surface area contributed by atoms with Gasteiger partial charge in [-0.05, 0) is 32.2 Å². The van der Waals surface area contributed by atoms with Crippen LogP contribution in [0, 0.1) is 5.82 Å². The van der Waals surface area contributed by atoms with Gasteiger partial charge < -0.3 is 5.32 Å². The molecule has 0 bridgehead atoms. The predicted octanol–water partition coefficient (Wildman–Crippen LogP) is 1.75. The van der Waals surface area contributed by atoms with Crippen LogP contribution in [0.2, 0.25) is 0 Å². The van der Waals surface area contributed by atoms with E-state index in [0.717, 1.165) is 12.2 Å². The summed E-state index contributed by atoms with van der Waals surface area (Å²) in [6, 6.07) is 4.60. The molecule has 2 heterocycles. The van der Waals surface area contributed by atoms with Crippen LogP contribution >= 0.6 is 0 Å². The van der Waals surface area contributed by atoms with E-state index in [1.54, 1.807) is 25.5 Å². The fourth-order valence-electron chi connectivity index (χ4n) is 1.89. The Morgan fingerprint density at radius 2 is 2.24 bits per heavy atom. The normalized spacial score (nSPS) is 12.6. The summed E-state index contributed by atoms with van der Waals surface area (Å²) in [6.45, 7) is 2.74. The molecule has 1 atom stereocenters. The van der Waals surface area contributed by atoms with Crippen LogP contribution in [-0.4, -0.2) is 21.8 Å². The molecule has 5 heteroatoms. The number of nitrogens with zero attached hydrogens (tertiary/aromatic N) is 3. The standard InChI is InChI=1S/C12H15FN4/c1-3-17-10(6-8-16-17)12(14-2)11-9(13)5-4-7-15-11/h4-8,12,14H,3H2,1-2H3. The van der Waals surface area contributed by atoms with Crippen molar-refractivity contribution in [1.82, 2.24) is 20.1 Å². The van der Waals surface area contributed by atoms with Crippen molar-refractivity contribution < 1.29 is 4.39 Å². The highest BCUT2D eigenvalue weighted by Crippen LogP contribution is 2.21. The molecule has 0 aliphatic carbocycles. The second-order valence-electron chi connectivity index (χ2n) is 3.66. The molecule has 2 aromatic heterocycles. The number of halogens is 1. The van der Waals surface area contributed by atoms with Gasteiger partial charge in [-0.15, -0.1) is 0 Å². The average molecular weight is 234 g/mol. The van der Waals surface area contributed by atoms with E-state index >= 15 is 0 Å². The molecule has 0 aliphatic rings. The molecule has 0 fully saturated rings. The first-order valence-corrected chi connectivity index (χ1v) is 5.57. The zero-order chi connectivity index (χ0) is 12.3. The van der Waals surface area contributed by atoms with Crippen molar-refractivity contribution >= 4 is 0 Å². The molecule has 17 heavy (non-hydrogen) atoms. The Bertz CT molecular complexity index is 495. The second kappa shape index (κ2) is 5.05. The summed E-state index contributed by atoms with van der Waals surface area (Å²) >= 11 is 0. The minimum absolute atomic E-state index is 0.279. The van der Waals surface area contributed by atoms with E-state index < -0.39 is 0 Å². The average Bonchev–Trinajstić information content (AvgIpc) is 2.81. The molecule has 0 radical (unpaired) electrons. The number of rotatable bonds is 4. The van der Waals surface area contributed by atoms with Crippen molar-refractivity contribution in [3.05, 3.63) is 47.8 Å². The molecular weight excluding hydrogens is 219 g/mol.